The van der Waals surface area contributed by atoms with Crippen molar-refractivity contribution in [2.75, 3.05) is 25.7 Å². The lowest BCUT2D eigenvalue weighted by Gasteiger charge is -2.26. The summed E-state index contributed by atoms with van der Waals surface area (Å²) in [5, 5.41) is 5.41. The second kappa shape index (κ2) is 12.8. The molecule has 0 spiro atoms. The van der Waals surface area contributed by atoms with Crippen molar-refractivity contribution in [3.8, 4) is 0 Å². The van der Waals surface area contributed by atoms with Gasteiger partial charge in [0.1, 0.15) is 0 Å². The molecule has 2 amide bonds. The molecule has 1 aliphatic heterocycles. The summed E-state index contributed by atoms with van der Waals surface area (Å²) in [6.07, 6.45) is -0.0818. The Balaban J connectivity index is 3.11. The first kappa shape index (κ1) is 31.7. The van der Waals surface area contributed by atoms with Gasteiger partial charge in [0.15, 0.2) is 18.0 Å². The number of amides is 2. The lowest BCUT2D eigenvalue weighted by molar-refractivity contribution is -0.184. The Hall–Kier alpha value is -1.32. The van der Waals surface area contributed by atoms with E-state index in [0.717, 1.165) is 12.5 Å². The molecule has 1 aliphatic rings. The lowest BCUT2D eigenvalue weighted by Crippen LogP contribution is -2.54. The van der Waals surface area contributed by atoms with Crippen LogP contribution in [0.25, 0.3) is 0 Å². The maximum absolute atomic E-state index is 13.2. The average molecular weight is 545 g/mol. The highest BCUT2D eigenvalue weighted by Crippen LogP contribution is 2.35. The number of carbonyl (C=O) groups is 2. The maximum Gasteiger partial charge on any atom is 0.264 e. The molecule has 4 atom stereocenters. The van der Waals surface area contributed by atoms with Gasteiger partial charge in [-0.15, -0.1) is 0 Å². The minimum absolute atomic E-state index is 0.184. The Bertz CT molecular complexity index is 858. The van der Waals surface area contributed by atoms with Gasteiger partial charge in [0.25, 0.3) is 32.1 Å². The number of nitrogens with one attached hydrogen (secondary N) is 2. The molecule has 2 N–H and O–H groups in total. The quantitative estimate of drug-likeness (QED) is 0.295. The molecule has 1 fully saturated rings. The Morgan fingerprint density at radius 3 is 1.31 bits per heavy atom. The van der Waals surface area contributed by atoms with Crippen molar-refractivity contribution < 1.29 is 44.3 Å². The van der Waals surface area contributed by atoms with E-state index in [1.54, 1.807) is 41.5 Å². The van der Waals surface area contributed by atoms with Crippen LogP contribution in [-0.2, 0) is 47.7 Å². The molecule has 0 saturated carbocycles. The van der Waals surface area contributed by atoms with E-state index in [-0.39, 0.29) is 25.0 Å². The van der Waals surface area contributed by atoms with Crippen molar-refractivity contribution in [2.45, 2.75) is 84.5 Å². The zero-order valence-corrected chi connectivity index (χ0v) is 23.3. The third kappa shape index (κ3) is 10.3. The first-order chi connectivity index (χ1) is 15.9. The third-order valence-electron chi connectivity index (χ3n) is 5.74. The number of hydrogen-bond donors (Lipinski definition) is 2. The predicted octanol–water partition coefficient (Wildman–Crippen LogP) is 0.521. The summed E-state index contributed by atoms with van der Waals surface area (Å²) in [5.41, 5.74) is 0. The second-order valence-corrected chi connectivity index (χ2v) is 12.7. The van der Waals surface area contributed by atoms with E-state index in [2.05, 4.69) is 10.6 Å². The fourth-order valence-corrected chi connectivity index (χ4v) is 4.09. The number of ether oxygens (including phenoxy) is 2. The normalized spacial score (nSPS) is 22.2. The Labute approximate surface area is 209 Å². The van der Waals surface area contributed by atoms with E-state index in [0.29, 0.717) is 12.8 Å². The van der Waals surface area contributed by atoms with Crippen LogP contribution in [0.3, 0.4) is 0 Å². The van der Waals surface area contributed by atoms with E-state index in [1.807, 2.05) is 0 Å². The molecule has 206 valence electrons. The van der Waals surface area contributed by atoms with Crippen molar-refractivity contribution in [2.24, 2.45) is 11.8 Å². The summed E-state index contributed by atoms with van der Waals surface area (Å²) in [6, 6.07) is -1.34. The minimum Gasteiger partial charge on any atom is -0.348 e. The van der Waals surface area contributed by atoms with E-state index in [4.69, 9.17) is 17.8 Å². The molecule has 14 heteroatoms. The van der Waals surface area contributed by atoms with Gasteiger partial charge in [0.05, 0.1) is 37.8 Å². The van der Waals surface area contributed by atoms with Crippen LogP contribution in [0.5, 0.6) is 0 Å². The molecule has 35 heavy (non-hydrogen) atoms. The van der Waals surface area contributed by atoms with E-state index < -0.39 is 62.1 Å². The van der Waals surface area contributed by atoms with E-state index >= 15 is 0 Å². The third-order valence-corrected chi connectivity index (χ3v) is 6.87. The molecule has 0 aromatic heterocycles. The van der Waals surface area contributed by atoms with Crippen molar-refractivity contribution in [3.63, 3.8) is 0 Å². The van der Waals surface area contributed by atoms with Crippen LogP contribution in [0.4, 0.5) is 0 Å². The fourth-order valence-electron chi connectivity index (χ4n) is 3.30. The van der Waals surface area contributed by atoms with Gasteiger partial charge in [-0.2, -0.15) is 16.8 Å². The van der Waals surface area contributed by atoms with Gasteiger partial charge in [-0.1, -0.05) is 41.5 Å². The summed E-state index contributed by atoms with van der Waals surface area (Å²) < 4.78 is 67.2. The highest BCUT2D eigenvalue weighted by atomic mass is 32.2. The van der Waals surface area contributed by atoms with Gasteiger partial charge in [0, 0.05) is 0 Å². The van der Waals surface area contributed by atoms with E-state index in [9.17, 15) is 26.4 Å². The predicted molar refractivity (Wildman–Crippen MR) is 128 cm³/mol. The Morgan fingerprint density at radius 1 is 0.771 bits per heavy atom. The molecule has 0 aromatic rings. The largest absolute Gasteiger partial charge is 0.348 e. The first-order valence-corrected chi connectivity index (χ1v) is 15.2. The first-order valence-electron chi connectivity index (χ1n) is 11.6. The van der Waals surface area contributed by atoms with E-state index in [1.165, 1.54) is 0 Å². The molecule has 1 heterocycles. The molecular weight excluding hydrogens is 504 g/mol. The van der Waals surface area contributed by atoms with Gasteiger partial charge in [-0.3, -0.25) is 18.0 Å². The van der Waals surface area contributed by atoms with Gasteiger partial charge < -0.3 is 20.1 Å². The van der Waals surface area contributed by atoms with Gasteiger partial charge >= 0.3 is 0 Å². The van der Waals surface area contributed by atoms with Crippen LogP contribution in [0, 0.1) is 11.8 Å². The van der Waals surface area contributed by atoms with Crippen LogP contribution in [0.2, 0.25) is 0 Å². The Kier molecular flexibility index (Phi) is 11.6. The minimum atomic E-state index is -3.72. The van der Waals surface area contributed by atoms with Crippen LogP contribution in [0.15, 0.2) is 0 Å². The summed E-state index contributed by atoms with van der Waals surface area (Å²) in [4.78, 5) is 26.4. The fraction of sp³-hybridized carbons (Fsp3) is 0.905. The van der Waals surface area contributed by atoms with Gasteiger partial charge in [-0.05, 0) is 24.7 Å². The molecular formula is C21H40N2O10S2. The molecule has 0 aromatic carbocycles. The maximum atomic E-state index is 13.2. The monoisotopic (exact) mass is 544 g/mol. The number of rotatable bonds is 14. The molecule has 1 rings (SSSR count). The van der Waals surface area contributed by atoms with Crippen LogP contribution in [-0.4, -0.2) is 84.5 Å². The number of hydrogen-bond acceptors (Lipinski definition) is 10. The molecule has 0 bridgehead atoms. The molecule has 0 aliphatic carbocycles. The topological polar surface area (TPSA) is 163 Å². The van der Waals surface area contributed by atoms with Crippen molar-refractivity contribution >= 4 is 32.1 Å². The van der Waals surface area contributed by atoms with Crippen LogP contribution in [0.1, 0.15) is 54.4 Å². The zero-order valence-electron chi connectivity index (χ0n) is 21.7. The van der Waals surface area contributed by atoms with Crippen molar-refractivity contribution in [3.05, 3.63) is 0 Å². The number of carbonyl (C=O) groups excluding carboxylic acids is 2. The summed E-state index contributed by atoms with van der Waals surface area (Å²) in [6.45, 7) is 10.2. The molecule has 0 radical (unpaired) electrons. The molecule has 0 unspecified atom stereocenters. The SMILES string of the molecule is CCC1(CC)O[C@@H](C(=O)N[C@H](COS(C)(=O)=O)C(C)C)[C@H](C(=O)N[C@H](COS(C)(=O)=O)C(C)C)O1. The summed E-state index contributed by atoms with van der Waals surface area (Å²) in [7, 11) is -7.44. The lowest BCUT2D eigenvalue weighted by atomic mass is 10.0. The van der Waals surface area contributed by atoms with Crippen molar-refractivity contribution in [1.82, 2.24) is 10.6 Å². The van der Waals surface area contributed by atoms with Crippen LogP contribution >= 0.6 is 0 Å². The van der Waals surface area contributed by atoms with Crippen molar-refractivity contribution in [1.29, 1.82) is 0 Å². The van der Waals surface area contributed by atoms with Gasteiger partial charge in [-0.25, -0.2) is 0 Å². The van der Waals surface area contributed by atoms with Crippen LogP contribution < -0.4 is 10.6 Å². The standard InChI is InChI=1S/C21H40N2O10S2/c1-9-21(10-2)32-17(19(24)22-15(13(3)4)11-30-34(7,26)27)18(33-21)20(25)23-16(14(5)6)12-31-35(8,28)29/h13-18H,9-12H2,1-8H3,(H,22,24)(H,23,25)/t15-,16-,17-,18-/m1/s1. The highest BCUT2D eigenvalue weighted by molar-refractivity contribution is 7.86. The average Bonchev–Trinajstić information content (AvgIpc) is 3.13. The molecule has 1 saturated heterocycles. The van der Waals surface area contributed by atoms with Gasteiger partial charge in [0.2, 0.25) is 0 Å². The second-order valence-electron chi connectivity index (χ2n) is 9.39. The highest BCUT2D eigenvalue weighted by Gasteiger charge is 2.52. The summed E-state index contributed by atoms with van der Waals surface area (Å²) >= 11 is 0. The summed E-state index contributed by atoms with van der Waals surface area (Å²) in [5.74, 6) is -2.85. The smallest absolute Gasteiger partial charge is 0.264 e. The Morgan fingerprint density at radius 2 is 1.09 bits per heavy atom. The zero-order chi connectivity index (χ0) is 27.2. The molecule has 12 nitrogen and oxygen atoms in total.